The topological polar surface area (TPSA) is 71.5 Å². The van der Waals surface area contributed by atoms with Crippen molar-refractivity contribution in [3.8, 4) is 0 Å². The Labute approximate surface area is 202 Å². The lowest BCUT2D eigenvalue weighted by molar-refractivity contribution is 0.283. The predicted molar refractivity (Wildman–Crippen MR) is 135 cm³/mol. The van der Waals surface area contributed by atoms with E-state index in [2.05, 4.69) is 0 Å². The summed E-state index contributed by atoms with van der Waals surface area (Å²) < 4.78 is 55.7. The van der Waals surface area contributed by atoms with Crippen molar-refractivity contribution in [3.63, 3.8) is 0 Å². The summed E-state index contributed by atoms with van der Waals surface area (Å²) >= 11 is 0. The highest BCUT2D eigenvalue weighted by Crippen LogP contribution is 2.35. The molecule has 3 aromatic carbocycles. The second-order valence-electron chi connectivity index (χ2n) is 8.93. The maximum atomic E-state index is 13.6. The first-order chi connectivity index (χ1) is 16.1. The Morgan fingerprint density at radius 2 is 1.26 bits per heavy atom. The Hall–Kier alpha value is -2.90. The molecule has 0 amide bonds. The zero-order valence-corrected chi connectivity index (χ0v) is 21.1. The average Bonchev–Trinajstić information content (AvgIpc) is 2.81. The van der Waals surface area contributed by atoms with Crippen molar-refractivity contribution in [2.75, 3.05) is 0 Å². The molecule has 1 aliphatic rings. The van der Waals surface area contributed by atoms with E-state index in [1.807, 2.05) is 51.1 Å². The zero-order chi connectivity index (χ0) is 24.5. The molecule has 3 atom stereocenters. The van der Waals surface area contributed by atoms with Gasteiger partial charge in [-0.3, -0.25) is 4.31 Å². The van der Waals surface area contributed by atoms with Crippen LogP contribution in [0.1, 0.15) is 23.6 Å². The van der Waals surface area contributed by atoms with Gasteiger partial charge in [0.15, 0.2) is 9.84 Å². The van der Waals surface area contributed by atoms with Gasteiger partial charge in [-0.15, -0.1) is 0 Å². The van der Waals surface area contributed by atoms with Crippen molar-refractivity contribution >= 4 is 19.9 Å². The van der Waals surface area contributed by atoms with Gasteiger partial charge < -0.3 is 0 Å². The Balaban J connectivity index is 1.78. The highest BCUT2D eigenvalue weighted by atomic mass is 32.2. The van der Waals surface area contributed by atoms with E-state index in [1.165, 1.54) is 16.6 Å². The summed E-state index contributed by atoms with van der Waals surface area (Å²) in [6, 6.07) is 22.5. The summed E-state index contributed by atoms with van der Waals surface area (Å²) in [4.78, 5) is 0.431. The van der Waals surface area contributed by atoms with Crippen molar-refractivity contribution in [2.24, 2.45) is 5.92 Å². The molecule has 0 aliphatic carbocycles. The van der Waals surface area contributed by atoms with E-state index in [1.54, 1.807) is 48.5 Å². The summed E-state index contributed by atoms with van der Waals surface area (Å²) in [5.74, 6) is -0.475. The van der Waals surface area contributed by atoms with Crippen molar-refractivity contribution in [1.29, 1.82) is 0 Å². The van der Waals surface area contributed by atoms with Gasteiger partial charge in [-0.2, -0.15) is 0 Å². The van der Waals surface area contributed by atoms with E-state index >= 15 is 0 Å². The number of hydrogen-bond acceptors (Lipinski definition) is 4. The molecule has 4 rings (SSSR count). The highest BCUT2D eigenvalue weighted by molar-refractivity contribution is 7.92. The van der Waals surface area contributed by atoms with Crippen LogP contribution in [0.4, 0.5) is 0 Å². The minimum atomic E-state index is -3.87. The Morgan fingerprint density at radius 3 is 1.82 bits per heavy atom. The fraction of sp³-hybridized carbons (Fsp3) is 0.259. The molecule has 34 heavy (non-hydrogen) atoms. The van der Waals surface area contributed by atoms with Gasteiger partial charge >= 0.3 is 0 Å². The van der Waals surface area contributed by atoms with Gasteiger partial charge in [0.05, 0.1) is 21.1 Å². The van der Waals surface area contributed by atoms with E-state index in [9.17, 15) is 16.8 Å². The van der Waals surface area contributed by atoms with Gasteiger partial charge in [0, 0.05) is 6.20 Å². The molecule has 7 heteroatoms. The molecule has 1 heterocycles. The Kier molecular flexibility index (Phi) is 6.69. The Bertz CT molecular complexity index is 1380. The number of benzene rings is 3. The molecule has 0 bridgehead atoms. The van der Waals surface area contributed by atoms with Gasteiger partial charge in [-0.05, 0) is 62.1 Å². The third-order valence-electron chi connectivity index (χ3n) is 6.47. The van der Waals surface area contributed by atoms with Crippen LogP contribution in [0, 0.1) is 19.8 Å². The quantitative estimate of drug-likeness (QED) is 0.487. The molecular formula is C27H29NO4S2. The number of sulfonamides is 1. The molecule has 1 aliphatic heterocycles. The number of rotatable bonds is 6. The summed E-state index contributed by atoms with van der Waals surface area (Å²) in [5.41, 5.74) is 2.89. The number of aryl methyl sites for hydroxylation is 2. The molecule has 5 nitrogen and oxygen atoms in total. The highest BCUT2D eigenvalue weighted by Gasteiger charge is 2.43. The molecule has 0 spiro atoms. The normalized spacial score (nSPS) is 20.9. The molecule has 0 unspecified atom stereocenters. The fourth-order valence-corrected chi connectivity index (χ4v) is 7.83. The van der Waals surface area contributed by atoms with E-state index in [0.29, 0.717) is 6.42 Å². The van der Waals surface area contributed by atoms with E-state index in [4.69, 9.17) is 0 Å². The van der Waals surface area contributed by atoms with Crippen molar-refractivity contribution in [2.45, 2.75) is 48.3 Å². The smallest absolute Gasteiger partial charge is 0.264 e. The van der Waals surface area contributed by atoms with Crippen LogP contribution in [0.15, 0.2) is 101 Å². The minimum Gasteiger partial charge on any atom is -0.270 e. The van der Waals surface area contributed by atoms with Crippen molar-refractivity contribution in [3.05, 3.63) is 108 Å². The molecule has 178 valence electrons. The molecule has 0 radical (unpaired) electrons. The van der Waals surface area contributed by atoms with Gasteiger partial charge in [-0.25, -0.2) is 16.8 Å². The third-order valence-corrected chi connectivity index (χ3v) is 10.5. The maximum Gasteiger partial charge on any atom is 0.264 e. The summed E-state index contributed by atoms with van der Waals surface area (Å²) in [7, 11) is -7.57. The fourth-order valence-electron chi connectivity index (χ4n) is 4.40. The zero-order valence-electron chi connectivity index (χ0n) is 19.5. The maximum absolute atomic E-state index is 13.6. The van der Waals surface area contributed by atoms with Gasteiger partial charge in [0.1, 0.15) is 0 Å². The first kappa shape index (κ1) is 24.2. The van der Waals surface area contributed by atoms with E-state index in [0.717, 1.165) is 16.7 Å². The van der Waals surface area contributed by atoms with Crippen LogP contribution >= 0.6 is 0 Å². The largest absolute Gasteiger partial charge is 0.270 e. The van der Waals surface area contributed by atoms with Crippen LogP contribution in [0.5, 0.6) is 0 Å². The van der Waals surface area contributed by atoms with Gasteiger partial charge in [0.2, 0.25) is 0 Å². The standard InChI is InChI=1S/C27H29NO4S2/c1-20-9-13-24(14-10-20)33(29,30)27-17-18-28(34(31,32)25-15-11-21(2)12-16-25)26(22(27)3)19-23-7-5-4-6-8-23/h4-18,22,26-27H,19H2,1-3H3/t22-,26-,27-/m0/s1. The summed E-state index contributed by atoms with van der Waals surface area (Å²) in [6.07, 6.45) is 3.36. The lowest BCUT2D eigenvalue weighted by Crippen LogP contribution is -2.49. The second-order valence-corrected chi connectivity index (χ2v) is 12.9. The van der Waals surface area contributed by atoms with Crippen LogP contribution < -0.4 is 0 Å². The molecule has 0 saturated carbocycles. The van der Waals surface area contributed by atoms with Gasteiger partial charge in [-0.1, -0.05) is 72.6 Å². The molecule has 0 saturated heterocycles. The first-order valence-corrected chi connectivity index (χ1v) is 14.2. The van der Waals surface area contributed by atoms with E-state index < -0.39 is 37.1 Å². The van der Waals surface area contributed by atoms with Gasteiger partial charge in [0.25, 0.3) is 10.0 Å². The number of nitrogens with zero attached hydrogens (tertiary/aromatic N) is 1. The van der Waals surface area contributed by atoms with Crippen LogP contribution in [-0.2, 0) is 26.3 Å². The summed E-state index contributed by atoms with van der Waals surface area (Å²) in [6.45, 7) is 5.63. The SMILES string of the molecule is Cc1ccc(S(=O)(=O)[C@H]2C=CN(S(=O)(=O)c3ccc(C)cc3)[C@@H](Cc3ccccc3)[C@@H]2C)cc1. The van der Waals surface area contributed by atoms with Crippen LogP contribution in [0.3, 0.4) is 0 Å². The molecule has 0 fully saturated rings. The van der Waals surface area contributed by atoms with Crippen molar-refractivity contribution < 1.29 is 16.8 Å². The molecule has 3 aromatic rings. The van der Waals surface area contributed by atoms with Crippen LogP contribution in [0.25, 0.3) is 0 Å². The first-order valence-electron chi connectivity index (χ1n) is 11.2. The summed E-state index contributed by atoms with van der Waals surface area (Å²) in [5, 5.41) is -0.839. The van der Waals surface area contributed by atoms with E-state index in [-0.39, 0.29) is 9.79 Å². The molecule has 0 aromatic heterocycles. The third kappa shape index (κ3) is 4.68. The molecular weight excluding hydrogens is 466 g/mol. The second kappa shape index (κ2) is 9.39. The predicted octanol–water partition coefficient (Wildman–Crippen LogP) is 4.91. The average molecular weight is 496 g/mol. The lowest BCUT2D eigenvalue weighted by Gasteiger charge is -2.40. The number of sulfone groups is 1. The number of hydrogen-bond donors (Lipinski definition) is 0. The van der Waals surface area contributed by atoms with Crippen molar-refractivity contribution in [1.82, 2.24) is 4.31 Å². The lowest BCUT2D eigenvalue weighted by atomic mass is 9.90. The molecule has 0 N–H and O–H groups in total. The van der Waals surface area contributed by atoms with Crippen LogP contribution in [-0.4, -0.2) is 32.4 Å². The monoisotopic (exact) mass is 495 g/mol. The minimum absolute atomic E-state index is 0.188. The Morgan fingerprint density at radius 1 is 0.735 bits per heavy atom. The van der Waals surface area contributed by atoms with Crippen LogP contribution in [0.2, 0.25) is 0 Å².